The average molecular weight is 349 g/mol. The molecular formula is C17H23N3O3S. The van der Waals surface area contributed by atoms with Gasteiger partial charge in [0, 0.05) is 38.0 Å². The van der Waals surface area contributed by atoms with E-state index >= 15 is 0 Å². The Morgan fingerprint density at radius 2 is 1.71 bits per heavy atom. The maximum absolute atomic E-state index is 12.7. The summed E-state index contributed by atoms with van der Waals surface area (Å²) < 4.78 is 32.3. The van der Waals surface area contributed by atoms with Crippen LogP contribution in [0.1, 0.15) is 31.2 Å². The van der Waals surface area contributed by atoms with Gasteiger partial charge in [-0.05, 0) is 49.9 Å². The van der Waals surface area contributed by atoms with Crippen LogP contribution in [-0.4, -0.2) is 50.3 Å². The largest absolute Gasteiger partial charge is 0.382 e. The lowest BCUT2D eigenvalue weighted by Gasteiger charge is -2.35. The fourth-order valence-electron chi connectivity index (χ4n) is 3.32. The molecule has 2 aliphatic rings. The average Bonchev–Trinajstić information content (AvgIpc) is 2.63. The second kappa shape index (κ2) is 7.51. The molecule has 7 heteroatoms. The Hall–Kier alpha value is -1.62. The van der Waals surface area contributed by atoms with Crippen molar-refractivity contribution in [2.45, 2.75) is 37.0 Å². The first-order valence-electron chi connectivity index (χ1n) is 8.43. The van der Waals surface area contributed by atoms with Gasteiger partial charge < -0.3 is 10.1 Å². The molecule has 6 nitrogen and oxygen atoms in total. The number of nitriles is 1. The first-order valence-corrected chi connectivity index (χ1v) is 9.93. The van der Waals surface area contributed by atoms with Gasteiger partial charge in [0.05, 0.1) is 16.9 Å². The second-order valence-corrected chi connectivity index (χ2v) is 8.58. The first-order chi connectivity index (χ1) is 11.6. The number of hydrogen-bond acceptors (Lipinski definition) is 5. The fraction of sp³-hybridized carbons (Fsp3) is 0.588. The molecule has 0 aromatic heterocycles. The van der Waals surface area contributed by atoms with Gasteiger partial charge >= 0.3 is 0 Å². The summed E-state index contributed by atoms with van der Waals surface area (Å²) in [5.74, 6) is 0. The molecule has 24 heavy (non-hydrogen) atoms. The molecule has 130 valence electrons. The number of rotatable bonds is 4. The predicted molar refractivity (Wildman–Crippen MR) is 92.1 cm³/mol. The highest BCUT2D eigenvalue weighted by Gasteiger charge is 2.35. The molecule has 0 aliphatic carbocycles. The number of piperidine rings is 1. The van der Waals surface area contributed by atoms with Crippen molar-refractivity contribution in [3.63, 3.8) is 0 Å². The van der Waals surface area contributed by atoms with Crippen LogP contribution in [0.2, 0.25) is 0 Å². The van der Waals surface area contributed by atoms with E-state index in [1.165, 1.54) is 0 Å². The highest BCUT2D eigenvalue weighted by molar-refractivity contribution is 7.89. The van der Waals surface area contributed by atoms with E-state index in [4.69, 9.17) is 10.00 Å². The number of hydrogen-bond donors (Lipinski definition) is 1. The van der Waals surface area contributed by atoms with Gasteiger partial charge in [-0.1, -0.05) is 0 Å². The number of nitrogens with one attached hydrogen (secondary N) is 1. The minimum Gasteiger partial charge on any atom is -0.382 e. The number of benzene rings is 1. The van der Waals surface area contributed by atoms with Gasteiger partial charge in [0.2, 0.25) is 10.0 Å². The normalized spacial score (nSPS) is 21.3. The Balaban J connectivity index is 1.54. The van der Waals surface area contributed by atoms with Crippen LogP contribution in [0.4, 0.5) is 5.69 Å². The van der Waals surface area contributed by atoms with Crippen molar-refractivity contribution in [1.29, 1.82) is 5.26 Å². The fourth-order valence-corrected chi connectivity index (χ4v) is 5.25. The second-order valence-electron chi connectivity index (χ2n) is 6.36. The van der Waals surface area contributed by atoms with Crippen molar-refractivity contribution in [3.8, 4) is 6.07 Å². The van der Waals surface area contributed by atoms with Crippen molar-refractivity contribution in [2.75, 3.05) is 31.6 Å². The summed E-state index contributed by atoms with van der Waals surface area (Å²) in [5, 5.41) is 12.0. The zero-order chi connectivity index (χ0) is 17.0. The van der Waals surface area contributed by atoms with Gasteiger partial charge in [0.1, 0.15) is 0 Å². The van der Waals surface area contributed by atoms with Crippen molar-refractivity contribution >= 4 is 15.7 Å². The summed E-state index contributed by atoms with van der Waals surface area (Å²) in [6.45, 7) is 2.21. The molecule has 0 spiro atoms. The molecule has 0 radical (unpaired) electrons. The molecule has 0 bridgehead atoms. The number of ether oxygens (including phenoxy) is 1. The molecule has 2 fully saturated rings. The third-order valence-electron chi connectivity index (χ3n) is 4.79. The smallest absolute Gasteiger partial charge is 0.217 e. The van der Waals surface area contributed by atoms with E-state index in [1.54, 1.807) is 16.4 Å². The molecule has 0 atom stereocenters. The summed E-state index contributed by atoms with van der Waals surface area (Å²) in [4.78, 5) is 0. The van der Waals surface area contributed by atoms with Gasteiger partial charge in [-0.25, -0.2) is 12.7 Å². The maximum Gasteiger partial charge on any atom is 0.217 e. The molecule has 1 aromatic rings. The molecule has 3 rings (SSSR count). The van der Waals surface area contributed by atoms with E-state index in [2.05, 4.69) is 11.4 Å². The van der Waals surface area contributed by atoms with Crippen LogP contribution in [0.3, 0.4) is 0 Å². The lowest BCUT2D eigenvalue weighted by molar-refractivity contribution is 0.0969. The number of anilines is 1. The predicted octanol–water partition coefficient (Wildman–Crippen LogP) is 1.94. The van der Waals surface area contributed by atoms with Crippen LogP contribution in [-0.2, 0) is 14.8 Å². The molecule has 2 aliphatic heterocycles. The minimum absolute atomic E-state index is 0.263. The third kappa shape index (κ3) is 3.89. The maximum atomic E-state index is 12.7. The van der Waals surface area contributed by atoms with E-state index in [9.17, 15) is 8.42 Å². The van der Waals surface area contributed by atoms with Gasteiger partial charge in [0.25, 0.3) is 0 Å². The van der Waals surface area contributed by atoms with Crippen molar-refractivity contribution in [3.05, 3.63) is 29.8 Å². The summed E-state index contributed by atoms with van der Waals surface area (Å²) in [7, 11) is -3.20. The zero-order valence-corrected chi connectivity index (χ0v) is 14.5. The monoisotopic (exact) mass is 349 g/mol. The summed E-state index contributed by atoms with van der Waals surface area (Å²) >= 11 is 0. The SMILES string of the molecule is N#Cc1ccc(NC2CCN(S(=O)(=O)C3CCOCC3)CC2)cc1. The quantitative estimate of drug-likeness (QED) is 0.898. The summed E-state index contributed by atoms with van der Waals surface area (Å²) in [5.41, 5.74) is 1.61. The van der Waals surface area contributed by atoms with Crippen molar-refractivity contribution < 1.29 is 13.2 Å². The van der Waals surface area contributed by atoms with Gasteiger partial charge in [-0.15, -0.1) is 0 Å². The lowest BCUT2D eigenvalue weighted by atomic mass is 10.1. The Morgan fingerprint density at radius 1 is 1.08 bits per heavy atom. The Bertz CT molecular complexity index is 683. The molecule has 2 saturated heterocycles. The van der Waals surface area contributed by atoms with E-state index in [0.717, 1.165) is 18.5 Å². The molecule has 1 N–H and O–H groups in total. The van der Waals surface area contributed by atoms with E-state index in [0.29, 0.717) is 44.7 Å². The standard InChI is InChI=1S/C17H23N3O3S/c18-13-14-1-3-15(4-2-14)19-16-5-9-20(10-6-16)24(21,22)17-7-11-23-12-8-17/h1-4,16-17,19H,5-12H2. The van der Waals surface area contributed by atoms with Crippen LogP contribution in [0.5, 0.6) is 0 Å². The van der Waals surface area contributed by atoms with Crippen LogP contribution in [0, 0.1) is 11.3 Å². The molecule has 0 saturated carbocycles. The third-order valence-corrected chi connectivity index (χ3v) is 7.19. The number of sulfonamides is 1. The van der Waals surface area contributed by atoms with E-state index < -0.39 is 10.0 Å². The van der Waals surface area contributed by atoms with Crippen LogP contribution in [0.25, 0.3) is 0 Å². The first kappa shape index (κ1) is 17.2. The van der Waals surface area contributed by atoms with Gasteiger partial charge in [-0.3, -0.25) is 0 Å². The van der Waals surface area contributed by atoms with Crippen LogP contribution in [0.15, 0.2) is 24.3 Å². The highest BCUT2D eigenvalue weighted by atomic mass is 32.2. The van der Waals surface area contributed by atoms with Gasteiger partial charge in [0.15, 0.2) is 0 Å². The van der Waals surface area contributed by atoms with Crippen LogP contribution < -0.4 is 5.32 Å². The van der Waals surface area contributed by atoms with Crippen molar-refractivity contribution in [2.24, 2.45) is 0 Å². The lowest BCUT2D eigenvalue weighted by Crippen LogP contribution is -2.47. The highest BCUT2D eigenvalue weighted by Crippen LogP contribution is 2.24. The van der Waals surface area contributed by atoms with Crippen molar-refractivity contribution in [1.82, 2.24) is 4.31 Å². The topological polar surface area (TPSA) is 82.4 Å². The minimum atomic E-state index is -3.20. The summed E-state index contributed by atoms with van der Waals surface area (Å²) in [6.07, 6.45) is 2.79. The Morgan fingerprint density at radius 3 is 2.29 bits per heavy atom. The molecule has 2 heterocycles. The molecule has 1 aromatic carbocycles. The van der Waals surface area contributed by atoms with E-state index in [-0.39, 0.29) is 11.3 Å². The van der Waals surface area contributed by atoms with Gasteiger partial charge in [-0.2, -0.15) is 5.26 Å². The van der Waals surface area contributed by atoms with E-state index in [1.807, 2.05) is 12.1 Å². The van der Waals surface area contributed by atoms with Crippen LogP contribution >= 0.6 is 0 Å². The Kier molecular flexibility index (Phi) is 5.39. The molecule has 0 amide bonds. The Labute approximate surface area is 143 Å². The zero-order valence-electron chi connectivity index (χ0n) is 13.6. The molecular weight excluding hydrogens is 326 g/mol. The number of nitrogens with zero attached hydrogens (tertiary/aromatic N) is 2. The summed E-state index contributed by atoms with van der Waals surface area (Å²) in [6, 6.07) is 9.72. The molecule has 0 unspecified atom stereocenters.